The highest BCUT2D eigenvalue weighted by Crippen LogP contribution is 2.29. The van der Waals surface area contributed by atoms with E-state index in [4.69, 9.17) is 0 Å². The van der Waals surface area contributed by atoms with Crippen molar-refractivity contribution in [1.29, 1.82) is 0 Å². The van der Waals surface area contributed by atoms with Gasteiger partial charge in [-0.2, -0.15) is 13.2 Å². The van der Waals surface area contributed by atoms with Gasteiger partial charge in [-0.25, -0.2) is 4.98 Å². The molecule has 0 aliphatic heterocycles. The molecular formula is C13H10BrF3N2. The number of halogens is 4. The molecule has 0 spiro atoms. The van der Waals surface area contributed by atoms with Crippen molar-refractivity contribution >= 4 is 21.6 Å². The van der Waals surface area contributed by atoms with Crippen LogP contribution in [0.2, 0.25) is 0 Å². The van der Waals surface area contributed by atoms with E-state index in [0.29, 0.717) is 6.54 Å². The van der Waals surface area contributed by atoms with Crippen molar-refractivity contribution in [2.45, 2.75) is 12.7 Å². The van der Waals surface area contributed by atoms with Crippen LogP contribution in [0.5, 0.6) is 0 Å². The van der Waals surface area contributed by atoms with Crippen molar-refractivity contribution in [1.82, 2.24) is 4.98 Å². The molecule has 0 fully saturated rings. The van der Waals surface area contributed by atoms with E-state index in [1.165, 1.54) is 12.1 Å². The smallest absolute Gasteiger partial charge is 0.380 e. The molecule has 2 rings (SSSR count). The molecule has 0 aliphatic carbocycles. The fourth-order valence-electron chi connectivity index (χ4n) is 1.50. The second kappa shape index (κ2) is 5.61. The molecule has 1 heterocycles. The molecule has 1 aromatic heterocycles. The van der Waals surface area contributed by atoms with Crippen LogP contribution in [0, 0.1) is 0 Å². The predicted molar refractivity (Wildman–Crippen MR) is 70.7 cm³/mol. The number of hydrogen-bond acceptors (Lipinski definition) is 2. The maximum atomic E-state index is 12.4. The van der Waals surface area contributed by atoms with Crippen LogP contribution in [0.25, 0.3) is 0 Å². The first-order chi connectivity index (χ1) is 8.95. The van der Waals surface area contributed by atoms with Crippen LogP contribution in [-0.2, 0) is 12.7 Å². The Morgan fingerprint density at radius 3 is 2.26 bits per heavy atom. The van der Waals surface area contributed by atoms with Gasteiger partial charge in [-0.3, -0.25) is 0 Å². The Hall–Kier alpha value is -1.56. The molecule has 19 heavy (non-hydrogen) atoms. The van der Waals surface area contributed by atoms with E-state index in [1.807, 2.05) is 6.07 Å². The van der Waals surface area contributed by atoms with E-state index in [-0.39, 0.29) is 0 Å². The van der Waals surface area contributed by atoms with Crippen molar-refractivity contribution < 1.29 is 13.2 Å². The van der Waals surface area contributed by atoms with Crippen molar-refractivity contribution in [3.8, 4) is 0 Å². The summed E-state index contributed by atoms with van der Waals surface area (Å²) in [6.45, 7) is 0.446. The van der Waals surface area contributed by atoms with E-state index in [0.717, 1.165) is 28.0 Å². The minimum Gasteiger partial charge on any atom is -0.380 e. The summed E-state index contributed by atoms with van der Waals surface area (Å²) in [6.07, 6.45) is -2.64. The van der Waals surface area contributed by atoms with E-state index >= 15 is 0 Å². The number of nitrogens with one attached hydrogen (secondary N) is 1. The summed E-state index contributed by atoms with van der Waals surface area (Å²) in [5.41, 5.74) is 0.945. The lowest BCUT2D eigenvalue weighted by Gasteiger charge is -2.09. The Kier molecular flexibility index (Phi) is 4.09. The van der Waals surface area contributed by atoms with E-state index in [1.54, 1.807) is 12.3 Å². The maximum Gasteiger partial charge on any atom is 0.416 e. The molecule has 0 aliphatic rings. The molecule has 0 radical (unpaired) electrons. The molecule has 2 nitrogen and oxygen atoms in total. The SMILES string of the molecule is FC(F)(F)c1ccc(CNc2ccc(Br)nc2)cc1. The Morgan fingerprint density at radius 1 is 1.05 bits per heavy atom. The molecule has 0 amide bonds. The molecular weight excluding hydrogens is 321 g/mol. The van der Waals surface area contributed by atoms with Crippen LogP contribution in [0.4, 0.5) is 18.9 Å². The zero-order valence-electron chi connectivity index (χ0n) is 9.71. The molecule has 0 bridgehead atoms. The summed E-state index contributed by atoms with van der Waals surface area (Å²) in [5, 5.41) is 3.08. The Labute approximate surface area is 116 Å². The monoisotopic (exact) mass is 330 g/mol. The summed E-state index contributed by atoms with van der Waals surface area (Å²) in [6, 6.07) is 8.70. The molecule has 2 aromatic rings. The number of hydrogen-bond donors (Lipinski definition) is 1. The van der Waals surface area contributed by atoms with Crippen molar-refractivity contribution in [2.75, 3.05) is 5.32 Å². The molecule has 0 unspecified atom stereocenters. The van der Waals surface area contributed by atoms with Crippen LogP contribution in [-0.4, -0.2) is 4.98 Å². The first-order valence-corrected chi connectivity index (χ1v) is 6.26. The molecule has 1 N–H and O–H groups in total. The topological polar surface area (TPSA) is 24.9 Å². The van der Waals surface area contributed by atoms with E-state index in [2.05, 4.69) is 26.2 Å². The van der Waals surface area contributed by atoms with Gasteiger partial charge in [0.1, 0.15) is 4.60 Å². The van der Waals surface area contributed by atoms with Crippen LogP contribution >= 0.6 is 15.9 Å². The number of nitrogens with zero attached hydrogens (tertiary/aromatic N) is 1. The highest BCUT2D eigenvalue weighted by atomic mass is 79.9. The summed E-state index contributed by atoms with van der Waals surface area (Å²) >= 11 is 3.22. The Bertz CT molecular complexity index is 535. The highest BCUT2D eigenvalue weighted by Gasteiger charge is 2.29. The number of anilines is 1. The summed E-state index contributed by atoms with van der Waals surface area (Å²) in [5.74, 6) is 0. The third-order valence-electron chi connectivity index (χ3n) is 2.51. The fourth-order valence-corrected chi connectivity index (χ4v) is 1.73. The van der Waals surface area contributed by atoms with Crippen molar-refractivity contribution in [2.24, 2.45) is 0 Å². The zero-order valence-corrected chi connectivity index (χ0v) is 11.3. The second-order valence-corrected chi connectivity index (χ2v) is 4.73. The van der Waals surface area contributed by atoms with Gasteiger partial charge in [-0.15, -0.1) is 0 Å². The van der Waals surface area contributed by atoms with Gasteiger partial charge in [0.05, 0.1) is 17.4 Å². The average Bonchev–Trinajstić information content (AvgIpc) is 2.37. The predicted octanol–water partition coefficient (Wildman–Crippen LogP) is 4.48. The van der Waals surface area contributed by atoms with Crippen LogP contribution in [0.3, 0.4) is 0 Å². The average molecular weight is 331 g/mol. The third kappa shape index (κ3) is 3.96. The third-order valence-corrected chi connectivity index (χ3v) is 2.97. The van der Waals surface area contributed by atoms with Gasteiger partial charge in [0.25, 0.3) is 0 Å². The molecule has 0 saturated carbocycles. The number of benzene rings is 1. The van der Waals surface area contributed by atoms with E-state index in [9.17, 15) is 13.2 Å². The van der Waals surface area contributed by atoms with Crippen LogP contribution in [0.15, 0.2) is 47.2 Å². The number of alkyl halides is 3. The summed E-state index contributed by atoms with van der Waals surface area (Å²) in [4.78, 5) is 4.04. The van der Waals surface area contributed by atoms with E-state index < -0.39 is 11.7 Å². The lowest BCUT2D eigenvalue weighted by molar-refractivity contribution is -0.137. The zero-order chi connectivity index (χ0) is 13.9. The quantitative estimate of drug-likeness (QED) is 0.839. The first kappa shape index (κ1) is 13.9. The molecule has 0 atom stereocenters. The summed E-state index contributed by atoms with van der Waals surface area (Å²) in [7, 11) is 0. The Balaban J connectivity index is 1.98. The van der Waals surface area contributed by atoms with Crippen molar-refractivity contribution in [3.05, 3.63) is 58.3 Å². The minimum absolute atomic E-state index is 0.446. The largest absolute Gasteiger partial charge is 0.416 e. The minimum atomic E-state index is -4.29. The van der Waals surface area contributed by atoms with Crippen LogP contribution in [0.1, 0.15) is 11.1 Å². The highest BCUT2D eigenvalue weighted by molar-refractivity contribution is 9.10. The number of pyridine rings is 1. The lowest BCUT2D eigenvalue weighted by atomic mass is 10.1. The normalized spacial score (nSPS) is 11.4. The first-order valence-electron chi connectivity index (χ1n) is 5.47. The maximum absolute atomic E-state index is 12.4. The molecule has 100 valence electrons. The number of rotatable bonds is 3. The summed E-state index contributed by atoms with van der Waals surface area (Å²) < 4.78 is 37.9. The van der Waals surface area contributed by atoms with Crippen LogP contribution < -0.4 is 5.32 Å². The molecule has 6 heteroatoms. The van der Waals surface area contributed by atoms with Gasteiger partial charge in [-0.05, 0) is 45.8 Å². The van der Waals surface area contributed by atoms with Gasteiger partial charge in [-0.1, -0.05) is 12.1 Å². The van der Waals surface area contributed by atoms with Crippen molar-refractivity contribution in [3.63, 3.8) is 0 Å². The Morgan fingerprint density at radius 2 is 1.74 bits per heavy atom. The second-order valence-electron chi connectivity index (χ2n) is 3.92. The van der Waals surface area contributed by atoms with Gasteiger partial charge in [0.2, 0.25) is 0 Å². The fraction of sp³-hybridized carbons (Fsp3) is 0.154. The standard InChI is InChI=1S/C13H10BrF3N2/c14-12-6-5-11(8-19-12)18-7-9-1-3-10(4-2-9)13(15,16)17/h1-6,8,18H,7H2. The molecule has 0 saturated heterocycles. The molecule has 1 aromatic carbocycles. The lowest BCUT2D eigenvalue weighted by Crippen LogP contribution is -2.05. The van der Waals surface area contributed by atoms with Gasteiger partial charge in [0.15, 0.2) is 0 Å². The van der Waals surface area contributed by atoms with Gasteiger partial charge >= 0.3 is 6.18 Å². The number of aromatic nitrogens is 1. The van der Waals surface area contributed by atoms with Gasteiger partial charge < -0.3 is 5.32 Å². The van der Waals surface area contributed by atoms with Gasteiger partial charge in [0, 0.05) is 6.54 Å².